The molecule has 0 spiro atoms. The predicted molar refractivity (Wildman–Crippen MR) is 57.1 cm³/mol. The normalized spacial score (nSPS) is 22.1. The Morgan fingerprint density at radius 1 is 1.56 bits per heavy atom. The van der Waals surface area contributed by atoms with E-state index in [-0.39, 0.29) is 24.5 Å². The molecule has 1 amide bonds. The van der Waals surface area contributed by atoms with Crippen molar-refractivity contribution in [2.24, 2.45) is 0 Å². The molecule has 1 atom stereocenters. The number of ether oxygens (including phenoxy) is 1. The fraction of sp³-hybridized carbons (Fsp3) is 0.800. The molecule has 1 fully saturated rings. The van der Waals surface area contributed by atoms with Gasteiger partial charge in [-0.15, -0.1) is 0 Å². The summed E-state index contributed by atoms with van der Waals surface area (Å²) in [6.45, 7) is 5.29. The fourth-order valence-corrected chi connectivity index (χ4v) is 1.74. The van der Waals surface area contributed by atoms with Gasteiger partial charge in [-0.1, -0.05) is 0 Å². The highest BCUT2D eigenvalue weighted by Gasteiger charge is 2.30. The van der Waals surface area contributed by atoms with Crippen molar-refractivity contribution in [3.63, 3.8) is 0 Å². The first-order valence-electron chi connectivity index (χ1n) is 5.35. The van der Waals surface area contributed by atoms with Crippen molar-refractivity contribution in [1.29, 1.82) is 0 Å². The molecule has 1 unspecified atom stereocenters. The molecule has 0 radical (unpaired) electrons. The molecular weight excluding hydrogens is 212 g/mol. The minimum absolute atomic E-state index is 0.240. The number of aliphatic carboxylic acids is 1. The Hall–Kier alpha value is -1.14. The highest BCUT2D eigenvalue weighted by molar-refractivity contribution is 5.85. The molecule has 1 aliphatic heterocycles. The van der Waals surface area contributed by atoms with Crippen molar-refractivity contribution >= 4 is 11.9 Å². The molecule has 0 aliphatic carbocycles. The number of carboxylic acid groups (broad SMARTS) is 1. The second-order valence-corrected chi connectivity index (χ2v) is 4.03. The number of amides is 1. The molecule has 6 heteroatoms. The average molecular weight is 230 g/mol. The highest BCUT2D eigenvalue weighted by atomic mass is 16.5. The van der Waals surface area contributed by atoms with Crippen LogP contribution in [-0.4, -0.2) is 60.3 Å². The third-order valence-corrected chi connectivity index (χ3v) is 2.55. The maximum atomic E-state index is 11.7. The molecule has 0 saturated carbocycles. The summed E-state index contributed by atoms with van der Waals surface area (Å²) in [6, 6.07) is -0.141. The lowest BCUT2D eigenvalue weighted by molar-refractivity contribution is -0.141. The molecule has 0 aromatic rings. The van der Waals surface area contributed by atoms with Crippen LogP contribution in [-0.2, 0) is 14.3 Å². The van der Waals surface area contributed by atoms with Crippen LogP contribution in [0, 0.1) is 0 Å². The summed E-state index contributed by atoms with van der Waals surface area (Å²) in [6.07, 6.45) is 0. The van der Waals surface area contributed by atoms with E-state index in [9.17, 15) is 9.59 Å². The van der Waals surface area contributed by atoms with E-state index in [0.717, 1.165) is 0 Å². The molecule has 1 aliphatic rings. The van der Waals surface area contributed by atoms with E-state index in [1.165, 1.54) is 0 Å². The zero-order valence-corrected chi connectivity index (χ0v) is 9.60. The van der Waals surface area contributed by atoms with Gasteiger partial charge in [0, 0.05) is 12.6 Å². The molecule has 16 heavy (non-hydrogen) atoms. The maximum Gasteiger partial charge on any atom is 0.322 e. The van der Waals surface area contributed by atoms with Crippen molar-refractivity contribution in [1.82, 2.24) is 10.2 Å². The van der Waals surface area contributed by atoms with Crippen LogP contribution in [0.5, 0.6) is 0 Å². The van der Waals surface area contributed by atoms with Gasteiger partial charge in [0.05, 0.1) is 13.2 Å². The number of hydrogen-bond donors (Lipinski definition) is 2. The first-order valence-corrected chi connectivity index (χ1v) is 5.35. The van der Waals surface area contributed by atoms with Gasteiger partial charge >= 0.3 is 5.97 Å². The molecule has 0 aromatic heterocycles. The molecule has 0 bridgehead atoms. The summed E-state index contributed by atoms with van der Waals surface area (Å²) in [7, 11) is 0. The summed E-state index contributed by atoms with van der Waals surface area (Å²) in [5.74, 6) is -1.32. The minimum atomic E-state index is -1.04. The van der Waals surface area contributed by atoms with Crippen LogP contribution in [0.3, 0.4) is 0 Å². The van der Waals surface area contributed by atoms with Crippen LogP contribution >= 0.6 is 0 Å². The topological polar surface area (TPSA) is 78.9 Å². The van der Waals surface area contributed by atoms with Gasteiger partial charge in [0.25, 0.3) is 0 Å². The van der Waals surface area contributed by atoms with E-state index in [1.807, 2.05) is 18.7 Å². The van der Waals surface area contributed by atoms with Crippen molar-refractivity contribution in [3.05, 3.63) is 0 Å². The molecule has 1 saturated heterocycles. The van der Waals surface area contributed by atoms with E-state index >= 15 is 0 Å². The Bertz CT molecular complexity index is 268. The van der Waals surface area contributed by atoms with E-state index in [2.05, 4.69) is 5.32 Å². The van der Waals surface area contributed by atoms with Gasteiger partial charge in [0.2, 0.25) is 5.91 Å². The average Bonchev–Trinajstić information content (AvgIpc) is 2.25. The van der Waals surface area contributed by atoms with E-state index < -0.39 is 5.97 Å². The lowest BCUT2D eigenvalue weighted by Gasteiger charge is -2.37. The second kappa shape index (κ2) is 5.81. The molecule has 92 valence electrons. The second-order valence-electron chi connectivity index (χ2n) is 4.03. The van der Waals surface area contributed by atoms with Crippen molar-refractivity contribution < 1.29 is 19.4 Å². The van der Waals surface area contributed by atoms with E-state index in [4.69, 9.17) is 9.84 Å². The molecule has 1 rings (SSSR count). The van der Waals surface area contributed by atoms with Gasteiger partial charge < -0.3 is 15.2 Å². The molecule has 0 aromatic carbocycles. The van der Waals surface area contributed by atoms with Crippen molar-refractivity contribution in [2.75, 3.05) is 26.3 Å². The largest absolute Gasteiger partial charge is 0.480 e. The van der Waals surface area contributed by atoms with Gasteiger partial charge in [0.15, 0.2) is 0 Å². The van der Waals surface area contributed by atoms with Crippen LogP contribution in [0.25, 0.3) is 0 Å². The lowest BCUT2D eigenvalue weighted by Crippen LogP contribution is -2.56. The number of nitrogens with one attached hydrogen (secondary N) is 1. The number of carbonyl (C=O) groups excluding carboxylic acids is 1. The Balaban J connectivity index is 2.53. The van der Waals surface area contributed by atoms with Crippen LogP contribution in [0.2, 0.25) is 0 Å². The van der Waals surface area contributed by atoms with Crippen molar-refractivity contribution in [2.45, 2.75) is 25.9 Å². The fourth-order valence-electron chi connectivity index (χ4n) is 1.74. The van der Waals surface area contributed by atoms with Crippen LogP contribution in [0.15, 0.2) is 0 Å². The van der Waals surface area contributed by atoms with Gasteiger partial charge in [-0.2, -0.15) is 0 Å². The number of morpholine rings is 1. The summed E-state index contributed by atoms with van der Waals surface area (Å²) < 4.78 is 5.24. The summed E-state index contributed by atoms with van der Waals surface area (Å²) in [5.41, 5.74) is 0. The molecule has 2 N–H and O–H groups in total. The molecule has 1 heterocycles. The zero-order valence-electron chi connectivity index (χ0n) is 9.60. The van der Waals surface area contributed by atoms with Gasteiger partial charge in [-0.05, 0) is 13.8 Å². The monoisotopic (exact) mass is 230 g/mol. The predicted octanol–water partition coefficient (Wildman–Crippen LogP) is -0.704. The number of nitrogens with zero attached hydrogens (tertiary/aromatic N) is 1. The molecular formula is C10H18N2O4. The number of hydrogen-bond acceptors (Lipinski definition) is 4. The minimum Gasteiger partial charge on any atom is -0.480 e. The van der Waals surface area contributed by atoms with Gasteiger partial charge in [0.1, 0.15) is 12.6 Å². The number of carbonyl (C=O) groups is 2. The Labute approximate surface area is 94.6 Å². The third kappa shape index (κ3) is 3.46. The first-order chi connectivity index (χ1) is 7.52. The van der Waals surface area contributed by atoms with Crippen LogP contribution < -0.4 is 5.32 Å². The van der Waals surface area contributed by atoms with Gasteiger partial charge in [-0.3, -0.25) is 14.5 Å². The summed E-state index contributed by atoms with van der Waals surface area (Å²) in [4.78, 5) is 24.1. The molecule has 6 nitrogen and oxygen atoms in total. The third-order valence-electron chi connectivity index (χ3n) is 2.55. The number of rotatable bonds is 4. The smallest absolute Gasteiger partial charge is 0.322 e. The van der Waals surface area contributed by atoms with E-state index in [0.29, 0.717) is 19.8 Å². The maximum absolute atomic E-state index is 11.7. The Morgan fingerprint density at radius 2 is 2.25 bits per heavy atom. The van der Waals surface area contributed by atoms with Crippen molar-refractivity contribution in [3.8, 4) is 0 Å². The highest BCUT2D eigenvalue weighted by Crippen LogP contribution is 2.10. The Morgan fingerprint density at radius 3 is 2.81 bits per heavy atom. The first kappa shape index (κ1) is 12.9. The standard InChI is InChI=1S/C10H18N2O4/c1-7(2)12-3-4-16-6-8(12)10(15)11-5-9(13)14/h7-8H,3-6H2,1-2H3,(H,11,15)(H,13,14). The zero-order chi connectivity index (χ0) is 12.1. The number of carboxylic acids is 1. The summed E-state index contributed by atoms with van der Waals surface area (Å²) in [5, 5.41) is 10.9. The van der Waals surface area contributed by atoms with E-state index in [1.54, 1.807) is 0 Å². The van der Waals surface area contributed by atoms with Crippen LogP contribution in [0.4, 0.5) is 0 Å². The lowest BCUT2D eigenvalue weighted by atomic mass is 10.1. The van der Waals surface area contributed by atoms with Gasteiger partial charge in [-0.25, -0.2) is 0 Å². The van der Waals surface area contributed by atoms with Crippen LogP contribution in [0.1, 0.15) is 13.8 Å². The Kier molecular flexibility index (Phi) is 4.70. The quantitative estimate of drug-likeness (QED) is 0.667. The summed E-state index contributed by atoms with van der Waals surface area (Å²) >= 11 is 0. The SMILES string of the molecule is CC(C)N1CCOCC1C(=O)NCC(=O)O.